The third-order valence-electron chi connectivity index (χ3n) is 8.27. The van der Waals surface area contributed by atoms with Crippen LogP contribution in [0.3, 0.4) is 0 Å². The lowest BCUT2D eigenvalue weighted by Gasteiger charge is -2.26. The highest BCUT2D eigenvalue weighted by Gasteiger charge is 2.18. The van der Waals surface area contributed by atoms with Gasteiger partial charge in [-0.1, -0.05) is 116 Å². The molecule has 3 aliphatic rings. The molecule has 5 rings (SSSR count). The molecule has 180 valence electrons. The quantitative estimate of drug-likeness (QED) is 0.349. The summed E-state index contributed by atoms with van der Waals surface area (Å²) in [6, 6.07) is 18.5. The Balaban J connectivity index is 1.17. The van der Waals surface area contributed by atoms with Crippen LogP contribution in [0.2, 0.25) is 0 Å². The van der Waals surface area contributed by atoms with Gasteiger partial charge in [0.2, 0.25) is 0 Å². The molecule has 1 saturated carbocycles. The van der Waals surface area contributed by atoms with Gasteiger partial charge in [-0.15, -0.1) is 0 Å². The lowest BCUT2D eigenvalue weighted by molar-refractivity contribution is 0.289. The van der Waals surface area contributed by atoms with Gasteiger partial charge in [-0.3, -0.25) is 0 Å². The van der Waals surface area contributed by atoms with Crippen LogP contribution in [-0.4, -0.2) is 0 Å². The van der Waals surface area contributed by atoms with E-state index < -0.39 is 0 Å². The van der Waals surface area contributed by atoms with Crippen molar-refractivity contribution >= 4 is 5.57 Å². The molecule has 0 saturated heterocycles. The second-order valence-electron chi connectivity index (χ2n) is 11.1. The van der Waals surface area contributed by atoms with Crippen molar-refractivity contribution in [2.24, 2.45) is 11.8 Å². The van der Waals surface area contributed by atoms with Gasteiger partial charge in [-0.05, 0) is 96.6 Å². The highest BCUT2D eigenvalue weighted by atomic mass is 14.2. The maximum atomic E-state index is 4.40. The zero-order valence-corrected chi connectivity index (χ0v) is 21.4. The van der Waals surface area contributed by atoms with E-state index in [4.69, 9.17) is 0 Å². The summed E-state index contributed by atoms with van der Waals surface area (Å²) in [4.78, 5) is 0. The fourth-order valence-electron chi connectivity index (χ4n) is 5.96. The van der Waals surface area contributed by atoms with E-state index in [1.54, 1.807) is 0 Å². The van der Waals surface area contributed by atoms with Gasteiger partial charge >= 0.3 is 0 Å². The Hall–Kier alpha value is -2.86. The maximum Gasteiger partial charge on any atom is -0.00173 e. The van der Waals surface area contributed by atoms with Crippen LogP contribution in [0.1, 0.15) is 80.5 Å². The molecule has 0 atom stereocenters. The Labute approximate surface area is 212 Å². The molecule has 0 heteroatoms. The number of hydrogen-bond acceptors (Lipinski definition) is 0. The number of allylic oxidation sites excluding steroid dienone is 9. The van der Waals surface area contributed by atoms with Gasteiger partial charge in [0.05, 0.1) is 0 Å². The largest absolute Gasteiger partial charge is 0.0955 e. The van der Waals surface area contributed by atoms with Crippen LogP contribution in [0.25, 0.3) is 5.57 Å². The van der Waals surface area contributed by atoms with E-state index >= 15 is 0 Å². The topological polar surface area (TPSA) is 0 Å². The minimum Gasteiger partial charge on any atom is -0.0955 e. The van der Waals surface area contributed by atoms with Crippen molar-refractivity contribution in [3.63, 3.8) is 0 Å². The molecule has 0 unspecified atom stereocenters. The first-order chi connectivity index (χ1) is 17.1. The monoisotopic (exact) mass is 460 g/mol. The molecular weight excluding hydrogens is 420 g/mol. The summed E-state index contributed by atoms with van der Waals surface area (Å²) in [5.74, 6) is 1.80. The zero-order chi connectivity index (χ0) is 24.0. The van der Waals surface area contributed by atoms with Crippen LogP contribution in [0, 0.1) is 11.8 Å². The molecule has 2 aromatic rings. The van der Waals surface area contributed by atoms with E-state index in [1.165, 1.54) is 76.7 Å². The molecule has 0 amide bonds. The van der Waals surface area contributed by atoms with Crippen molar-refractivity contribution in [3.8, 4) is 0 Å². The van der Waals surface area contributed by atoms with E-state index in [2.05, 4.69) is 92.4 Å². The third kappa shape index (κ3) is 6.43. The molecule has 35 heavy (non-hydrogen) atoms. The second kappa shape index (κ2) is 11.3. The van der Waals surface area contributed by atoms with Gasteiger partial charge in [-0.2, -0.15) is 0 Å². The van der Waals surface area contributed by atoms with Crippen molar-refractivity contribution in [3.05, 3.63) is 124 Å². The fraction of sp³-hybridized carbons (Fsp3) is 0.371. The van der Waals surface area contributed by atoms with E-state index in [1.807, 2.05) is 0 Å². The van der Waals surface area contributed by atoms with Crippen LogP contribution >= 0.6 is 0 Å². The molecule has 2 aromatic carbocycles. The predicted molar refractivity (Wildman–Crippen MR) is 151 cm³/mol. The van der Waals surface area contributed by atoms with E-state index in [9.17, 15) is 0 Å². The number of benzene rings is 2. The molecule has 0 radical (unpaired) electrons. The van der Waals surface area contributed by atoms with Crippen molar-refractivity contribution < 1.29 is 0 Å². The first-order valence-corrected chi connectivity index (χ1v) is 13.7. The zero-order valence-electron chi connectivity index (χ0n) is 21.4. The lowest BCUT2D eigenvalue weighted by atomic mass is 9.80. The smallest absolute Gasteiger partial charge is 0.00173 e. The van der Waals surface area contributed by atoms with Crippen molar-refractivity contribution in [1.82, 2.24) is 0 Å². The van der Waals surface area contributed by atoms with E-state index in [-0.39, 0.29) is 0 Å². The summed E-state index contributed by atoms with van der Waals surface area (Å²) >= 11 is 0. The van der Waals surface area contributed by atoms with Crippen LogP contribution in [0.15, 0.2) is 102 Å². The summed E-state index contributed by atoms with van der Waals surface area (Å²) in [6.45, 7) is 6.81. The summed E-state index contributed by atoms with van der Waals surface area (Å²) in [6.07, 6.45) is 23.5. The Kier molecular flexibility index (Phi) is 7.67. The summed E-state index contributed by atoms with van der Waals surface area (Å²) in [5, 5.41) is 0. The summed E-state index contributed by atoms with van der Waals surface area (Å²) < 4.78 is 0. The van der Waals surface area contributed by atoms with Gasteiger partial charge in [0, 0.05) is 0 Å². The van der Waals surface area contributed by atoms with E-state index in [0.717, 1.165) is 43.9 Å². The van der Waals surface area contributed by atoms with Gasteiger partial charge in [0.15, 0.2) is 0 Å². The predicted octanol–water partition coefficient (Wildman–Crippen LogP) is 9.58. The molecule has 0 nitrogen and oxygen atoms in total. The standard InChI is InChI=1S/C35H40/c1-26-13-16-29(17-14-26)21-30-9-5-10-31(22-30)23-32-11-6-12-34(24-32)35-20-19-33(25-35)27(2)15-18-28-7-3-4-8-28/h3-7,9-12,19-20,22,24,26,29H,2,8,13-18,21,23,25H2,1H3. The second-order valence-corrected chi connectivity index (χ2v) is 11.1. The number of hydrogen-bond donors (Lipinski definition) is 0. The highest BCUT2D eigenvalue weighted by molar-refractivity contribution is 5.74. The van der Waals surface area contributed by atoms with Crippen LogP contribution in [-0.2, 0) is 12.8 Å². The molecule has 0 bridgehead atoms. The van der Waals surface area contributed by atoms with Gasteiger partial charge in [0.25, 0.3) is 0 Å². The first-order valence-electron chi connectivity index (χ1n) is 13.7. The van der Waals surface area contributed by atoms with Gasteiger partial charge in [-0.25, -0.2) is 0 Å². The fourth-order valence-corrected chi connectivity index (χ4v) is 5.96. The maximum absolute atomic E-state index is 4.40. The molecule has 0 heterocycles. The molecule has 3 aliphatic carbocycles. The Morgan fingerprint density at radius 2 is 1.66 bits per heavy atom. The SMILES string of the molecule is C=C(CCC1=CC=CC1)C1=CC=C(c2cccc(Cc3cccc(CC4CCC(C)CC4)c3)c2)C1. The average Bonchev–Trinajstić information content (AvgIpc) is 3.57. The highest BCUT2D eigenvalue weighted by Crippen LogP contribution is 2.34. The molecule has 0 spiro atoms. The average molecular weight is 461 g/mol. The Bertz CT molecular complexity index is 1170. The Morgan fingerprint density at radius 3 is 2.46 bits per heavy atom. The summed E-state index contributed by atoms with van der Waals surface area (Å²) in [7, 11) is 0. The van der Waals surface area contributed by atoms with Crippen LogP contribution in [0.4, 0.5) is 0 Å². The van der Waals surface area contributed by atoms with Crippen molar-refractivity contribution in [2.45, 2.75) is 71.1 Å². The summed E-state index contributed by atoms with van der Waals surface area (Å²) in [5.41, 5.74) is 11.4. The third-order valence-corrected chi connectivity index (χ3v) is 8.27. The molecule has 1 fully saturated rings. The molecule has 0 aliphatic heterocycles. The molecule has 0 N–H and O–H groups in total. The van der Waals surface area contributed by atoms with Gasteiger partial charge in [0.1, 0.15) is 0 Å². The van der Waals surface area contributed by atoms with Gasteiger partial charge < -0.3 is 0 Å². The van der Waals surface area contributed by atoms with Crippen molar-refractivity contribution in [1.29, 1.82) is 0 Å². The van der Waals surface area contributed by atoms with Crippen LogP contribution < -0.4 is 0 Å². The minimum absolute atomic E-state index is 0.877. The molecule has 0 aromatic heterocycles. The van der Waals surface area contributed by atoms with Crippen LogP contribution in [0.5, 0.6) is 0 Å². The van der Waals surface area contributed by atoms with Crippen molar-refractivity contribution in [2.75, 3.05) is 0 Å². The van der Waals surface area contributed by atoms with E-state index in [0.29, 0.717) is 0 Å². The minimum atomic E-state index is 0.877. The first kappa shape index (κ1) is 23.9. The normalized spacial score (nSPS) is 21.6. The number of rotatable bonds is 9. The molecular formula is C35H40. The lowest BCUT2D eigenvalue weighted by Crippen LogP contribution is -2.14. The Morgan fingerprint density at radius 1 is 0.886 bits per heavy atom.